The minimum atomic E-state index is -1.43. The monoisotopic (exact) mass is 216 g/mol. The quantitative estimate of drug-likeness (QED) is 0.147. The Bertz CT molecular complexity index is 232. The number of nitrogens with zero attached hydrogens (tertiary/aromatic N) is 1. The summed E-state index contributed by atoms with van der Waals surface area (Å²) in [5, 5.41) is 4.61. The van der Waals surface area contributed by atoms with E-state index in [-0.39, 0.29) is 0 Å². The van der Waals surface area contributed by atoms with Crippen molar-refractivity contribution >= 4 is 25.0 Å². The summed E-state index contributed by atoms with van der Waals surface area (Å²) in [6.45, 7) is 6.53. The maximum atomic E-state index is 5.53. The Morgan fingerprint density at radius 2 is 2.08 bits per heavy atom. The first kappa shape index (κ1) is 12.5. The summed E-state index contributed by atoms with van der Waals surface area (Å²) in [7, 11) is -1.43. The molecular weight excluding hydrogens is 200 g/mol. The Morgan fingerprint density at radius 1 is 1.46 bits per heavy atom. The maximum absolute atomic E-state index is 5.53. The molecule has 74 valence electrons. The number of hydrogen-bond acceptors (Lipinski definition) is 2. The highest BCUT2D eigenvalue weighted by Crippen LogP contribution is 2.02. The van der Waals surface area contributed by atoms with Gasteiger partial charge in [-0.1, -0.05) is 31.5 Å². The van der Waals surface area contributed by atoms with Crippen molar-refractivity contribution in [3.63, 3.8) is 0 Å². The lowest BCUT2D eigenvalue weighted by molar-refractivity contribution is 0.992. The molecular formula is C9H17ClN2Si. The molecule has 0 atom stereocenters. The number of alkyl halides is 1. The van der Waals surface area contributed by atoms with E-state index in [1.165, 1.54) is 0 Å². The molecule has 0 fully saturated rings. The lowest BCUT2D eigenvalue weighted by Crippen LogP contribution is -2.33. The van der Waals surface area contributed by atoms with Crippen LogP contribution in [0.25, 0.3) is 0 Å². The Hall–Kier alpha value is -0.463. The third kappa shape index (κ3) is 5.73. The van der Waals surface area contributed by atoms with Gasteiger partial charge in [-0.2, -0.15) is 5.10 Å². The number of hydrazone groups is 1. The van der Waals surface area contributed by atoms with E-state index in [1.807, 2.05) is 0 Å². The van der Waals surface area contributed by atoms with Crippen LogP contribution < -0.4 is 5.84 Å². The van der Waals surface area contributed by atoms with Gasteiger partial charge in [0, 0.05) is 12.3 Å². The summed E-state index contributed by atoms with van der Waals surface area (Å²) in [5.41, 5.74) is 0. The van der Waals surface area contributed by atoms with Crippen LogP contribution in [0.15, 0.2) is 5.10 Å². The number of hydrogen-bond donors (Lipinski definition) is 1. The number of nitrogens with two attached hydrogens (primary N) is 1. The fourth-order valence-electron chi connectivity index (χ4n) is 0.715. The number of halogens is 1. The molecule has 0 heterocycles. The van der Waals surface area contributed by atoms with Crippen LogP contribution in [0.4, 0.5) is 0 Å². The summed E-state index contributed by atoms with van der Waals surface area (Å²) < 4.78 is 0. The fraction of sp³-hybridized carbons (Fsp3) is 0.667. The SMILES string of the molecule is C[Si](C)(C)/C(C#CCCCCl)=N/N. The van der Waals surface area contributed by atoms with Crippen molar-refractivity contribution in [1.29, 1.82) is 0 Å². The van der Waals surface area contributed by atoms with Crippen molar-refractivity contribution in [2.24, 2.45) is 10.9 Å². The topological polar surface area (TPSA) is 38.4 Å². The zero-order valence-corrected chi connectivity index (χ0v) is 10.3. The van der Waals surface area contributed by atoms with Crippen LogP contribution >= 0.6 is 11.6 Å². The van der Waals surface area contributed by atoms with Gasteiger partial charge in [-0.15, -0.1) is 11.6 Å². The second-order valence-corrected chi connectivity index (χ2v) is 9.17. The molecule has 0 aromatic rings. The fourth-order valence-corrected chi connectivity index (χ4v) is 1.70. The molecule has 4 heteroatoms. The molecule has 0 saturated heterocycles. The van der Waals surface area contributed by atoms with Crippen LogP contribution in [0.5, 0.6) is 0 Å². The molecule has 0 rings (SSSR count). The zero-order valence-electron chi connectivity index (χ0n) is 8.52. The molecule has 0 aromatic heterocycles. The highest BCUT2D eigenvalue weighted by Gasteiger charge is 2.19. The van der Waals surface area contributed by atoms with Gasteiger partial charge in [0.05, 0.1) is 5.33 Å². The van der Waals surface area contributed by atoms with Gasteiger partial charge in [0.2, 0.25) is 0 Å². The normalized spacial score (nSPS) is 12.2. The summed E-state index contributed by atoms with van der Waals surface area (Å²) in [5.74, 6) is 12.0. The Morgan fingerprint density at radius 3 is 2.46 bits per heavy atom. The van der Waals surface area contributed by atoms with Crippen LogP contribution in [0.3, 0.4) is 0 Å². The molecule has 0 spiro atoms. The van der Waals surface area contributed by atoms with Crippen molar-refractivity contribution in [2.75, 3.05) is 5.88 Å². The van der Waals surface area contributed by atoms with Crippen LogP contribution in [-0.4, -0.2) is 19.3 Å². The van der Waals surface area contributed by atoms with E-state index in [1.54, 1.807) is 0 Å². The third-order valence-electron chi connectivity index (χ3n) is 1.48. The van der Waals surface area contributed by atoms with Crippen molar-refractivity contribution in [3.05, 3.63) is 0 Å². The van der Waals surface area contributed by atoms with Crippen molar-refractivity contribution in [2.45, 2.75) is 32.5 Å². The van der Waals surface area contributed by atoms with E-state index in [9.17, 15) is 0 Å². The van der Waals surface area contributed by atoms with E-state index >= 15 is 0 Å². The Labute approximate surface area is 86.5 Å². The van der Waals surface area contributed by atoms with E-state index in [0.29, 0.717) is 5.88 Å². The minimum Gasteiger partial charge on any atom is -0.323 e. The number of unbranched alkanes of at least 4 members (excludes halogenated alkanes) is 1. The first-order chi connectivity index (χ1) is 6.02. The highest BCUT2D eigenvalue weighted by molar-refractivity contribution is 7.06. The van der Waals surface area contributed by atoms with Gasteiger partial charge in [-0.05, 0) is 6.42 Å². The maximum Gasteiger partial charge on any atom is 0.115 e. The predicted molar refractivity (Wildman–Crippen MR) is 62.7 cm³/mol. The first-order valence-corrected chi connectivity index (χ1v) is 8.39. The molecule has 13 heavy (non-hydrogen) atoms. The molecule has 0 amide bonds. The van der Waals surface area contributed by atoms with Crippen LogP contribution in [-0.2, 0) is 0 Å². The Balaban J connectivity index is 4.20. The van der Waals surface area contributed by atoms with Gasteiger partial charge in [0.25, 0.3) is 0 Å². The molecule has 0 saturated carbocycles. The predicted octanol–water partition coefficient (Wildman–Crippen LogP) is 2.20. The Kier molecular flexibility index (Phi) is 5.85. The molecule has 2 N–H and O–H groups in total. The molecule has 0 aliphatic heterocycles. The second-order valence-electron chi connectivity index (χ2n) is 3.82. The van der Waals surface area contributed by atoms with E-state index in [0.717, 1.165) is 18.2 Å². The summed E-state index contributed by atoms with van der Waals surface area (Å²) in [4.78, 5) is 0. The van der Waals surface area contributed by atoms with Gasteiger partial charge in [-0.25, -0.2) is 0 Å². The van der Waals surface area contributed by atoms with Crippen LogP contribution in [0.1, 0.15) is 12.8 Å². The zero-order chi connectivity index (χ0) is 10.3. The molecule has 0 unspecified atom stereocenters. The molecule has 0 aliphatic rings. The van der Waals surface area contributed by atoms with Crippen molar-refractivity contribution in [3.8, 4) is 11.8 Å². The van der Waals surface area contributed by atoms with E-state index in [2.05, 4.69) is 36.6 Å². The van der Waals surface area contributed by atoms with Gasteiger partial charge in [0.15, 0.2) is 0 Å². The second kappa shape index (κ2) is 6.06. The van der Waals surface area contributed by atoms with E-state index < -0.39 is 8.07 Å². The standard InChI is InChI=1S/C9H17ClN2Si/c1-13(2,3)9(12-11)7-5-4-6-8-10/h4,6,8,11H2,1-3H3/b12-9+. The van der Waals surface area contributed by atoms with Gasteiger partial charge >= 0.3 is 0 Å². The van der Waals surface area contributed by atoms with Crippen molar-refractivity contribution in [1.82, 2.24) is 0 Å². The third-order valence-corrected chi connectivity index (χ3v) is 3.42. The van der Waals surface area contributed by atoms with E-state index in [4.69, 9.17) is 17.4 Å². The smallest absolute Gasteiger partial charge is 0.115 e. The highest BCUT2D eigenvalue weighted by atomic mass is 35.5. The average molecular weight is 217 g/mol. The summed E-state index contributed by atoms with van der Waals surface area (Å²) in [6, 6.07) is 0. The molecule has 2 nitrogen and oxygen atoms in total. The van der Waals surface area contributed by atoms with Gasteiger partial charge < -0.3 is 5.84 Å². The lowest BCUT2D eigenvalue weighted by atomic mass is 10.3. The van der Waals surface area contributed by atoms with Crippen LogP contribution in [0, 0.1) is 11.8 Å². The molecule has 0 radical (unpaired) electrons. The lowest BCUT2D eigenvalue weighted by Gasteiger charge is -2.12. The molecule has 0 bridgehead atoms. The number of rotatable bonds is 3. The largest absolute Gasteiger partial charge is 0.323 e. The first-order valence-electron chi connectivity index (χ1n) is 4.35. The van der Waals surface area contributed by atoms with Gasteiger partial charge in [-0.3, -0.25) is 0 Å². The van der Waals surface area contributed by atoms with Gasteiger partial charge in [0.1, 0.15) is 8.07 Å². The molecule has 0 aromatic carbocycles. The van der Waals surface area contributed by atoms with Crippen LogP contribution in [0.2, 0.25) is 19.6 Å². The molecule has 0 aliphatic carbocycles. The average Bonchev–Trinajstić information content (AvgIpc) is 2.02. The summed E-state index contributed by atoms with van der Waals surface area (Å²) in [6.07, 6.45) is 1.76. The summed E-state index contributed by atoms with van der Waals surface area (Å²) >= 11 is 5.53. The minimum absolute atomic E-state index is 0.663. The van der Waals surface area contributed by atoms with Crippen molar-refractivity contribution < 1.29 is 0 Å².